The summed E-state index contributed by atoms with van der Waals surface area (Å²) in [5.74, 6) is 0.0608. The summed E-state index contributed by atoms with van der Waals surface area (Å²) >= 11 is 6.04. The molecule has 0 unspecified atom stereocenters. The van der Waals surface area contributed by atoms with Gasteiger partial charge in [-0.25, -0.2) is 4.68 Å². The number of hydrogen-bond donors (Lipinski definition) is 3. The van der Waals surface area contributed by atoms with E-state index in [4.69, 9.17) is 21.4 Å². The topological polar surface area (TPSA) is 118 Å². The predicted octanol–water partition coefficient (Wildman–Crippen LogP) is 4.19. The number of hydrogen-bond acceptors (Lipinski definition) is 6. The van der Waals surface area contributed by atoms with Gasteiger partial charge in [0.05, 0.1) is 7.11 Å². The largest absolute Gasteiger partial charge is 0.497 e. The molecule has 0 spiro atoms. The van der Waals surface area contributed by atoms with Gasteiger partial charge in [0.2, 0.25) is 11.9 Å². The summed E-state index contributed by atoms with van der Waals surface area (Å²) in [7, 11) is 1.61. The van der Waals surface area contributed by atoms with E-state index in [1.54, 1.807) is 11.8 Å². The molecule has 1 aliphatic rings. The van der Waals surface area contributed by atoms with Crippen molar-refractivity contribution in [3.63, 3.8) is 0 Å². The Bertz CT molecular complexity index is 1190. The highest BCUT2D eigenvalue weighted by atomic mass is 35.5. The zero-order chi connectivity index (χ0) is 23.4. The van der Waals surface area contributed by atoms with Crippen molar-refractivity contribution in [2.24, 2.45) is 0 Å². The van der Waals surface area contributed by atoms with Gasteiger partial charge in [0, 0.05) is 23.6 Å². The molecule has 1 amide bonds. The van der Waals surface area contributed by atoms with Crippen molar-refractivity contribution in [1.29, 1.82) is 0 Å². The van der Waals surface area contributed by atoms with Crippen molar-refractivity contribution >= 4 is 41.1 Å². The third-order valence-electron chi connectivity index (χ3n) is 5.12. The summed E-state index contributed by atoms with van der Waals surface area (Å²) in [5, 5.41) is 19.8. The zero-order valence-corrected chi connectivity index (χ0v) is 18.5. The van der Waals surface area contributed by atoms with Crippen LogP contribution in [0.2, 0.25) is 5.02 Å². The van der Waals surface area contributed by atoms with E-state index in [0.29, 0.717) is 11.0 Å². The minimum Gasteiger partial charge on any atom is -0.497 e. The van der Waals surface area contributed by atoms with E-state index in [9.17, 15) is 9.59 Å². The van der Waals surface area contributed by atoms with E-state index in [-0.39, 0.29) is 37.2 Å². The number of ether oxygens (including phenoxy) is 1. The minimum absolute atomic E-state index is 0.0692. The summed E-state index contributed by atoms with van der Waals surface area (Å²) in [6, 6.07) is 14.8. The number of fused-ring (bicyclic) bond motifs is 1. The molecular formula is C23H22ClN5O4. The number of anilines is 2. The lowest BCUT2D eigenvalue weighted by atomic mass is 10.0. The third-order valence-corrected chi connectivity index (χ3v) is 5.38. The number of nitrogens with zero attached hydrogens (tertiary/aromatic N) is 3. The van der Waals surface area contributed by atoms with Gasteiger partial charge >= 0.3 is 5.97 Å². The molecule has 3 N–H and O–H groups in total. The predicted molar refractivity (Wildman–Crippen MR) is 124 cm³/mol. The Morgan fingerprint density at radius 2 is 1.88 bits per heavy atom. The molecular weight excluding hydrogens is 446 g/mol. The number of allylic oxidation sites excluding steroid dienone is 1. The summed E-state index contributed by atoms with van der Waals surface area (Å²) in [4.78, 5) is 27.3. The Labute approximate surface area is 195 Å². The fourth-order valence-corrected chi connectivity index (χ4v) is 3.60. The fourth-order valence-electron chi connectivity index (χ4n) is 3.47. The van der Waals surface area contributed by atoms with Crippen LogP contribution in [0.1, 0.15) is 36.4 Å². The molecule has 10 heteroatoms. The molecule has 0 saturated carbocycles. The highest BCUT2D eigenvalue weighted by Gasteiger charge is 2.26. The lowest BCUT2D eigenvalue weighted by Crippen LogP contribution is -2.20. The number of rotatable bonds is 8. The maximum Gasteiger partial charge on any atom is 0.303 e. The zero-order valence-electron chi connectivity index (χ0n) is 17.8. The second-order valence-electron chi connectivity index (χ2n) is 7.43. The number of methoxy groups -OCH3 is 1. The molecule has 1 aliphatic heterocycles. The Balaban J connectivity index is 1.62. The van der Waals surface area contributed by atoms with Crippen LogP contribution in [0.4, 0.5) is 11.9 Å². The van der Waals surface area contributed by atoms with Crippen LogP contribution in [0.3, 0.4) is 0 Å². The number of amides is 1. The molecule has 170 valence electrons. The Hall–Kier alpha value is -3.85. The van der Waals surface area contributed by atoms with Crippen LogP contribution in [0.15, 0.2) is 54.6 Å². The van der Waals surface area contributed by atoms with Gasteiger partial charge in [-0.1, -0.05) is 35.9 Å². The first-order valence-corrected chi connectivity index (χ1v) is 10.7. The summed E-state index contributed by atoms with van der Waals surface area (Å²) in [6.45, 7) is 0. The lowest BCUT2D eigenvalue weighted by Gasteiger charge is -2.24. The normalized spacial score (nSPS) is 14.6. The first-order valence-electron chi connectivity index (χ1n) is 10.3. The van der Waals surface area contributed by atoms with Crippen molar-refractivity contribution in [3.8, 4) is 5.75 Å². The first kappa shape index (κ1) is 22.3. The van der Waals surface area contributed by atoms with Gasteiger partial charge < -0.3 is 15.2 Å². The summed E-state index contributed by atoms with van der Waals surface area (Å²) < 4.78 is 6.95. The number of aromatic nitrogens is 3. The van der Waals surface area contributed by atoms with Gasteiger partial charge in [-0.3, -0.25) is 14.9 Å². The molecule has 3 aromatic rings. The van der Waals surface area contributed by atoms with E-state index in [0.717, 1.165) is 22.6 Å². The molecule has 1 aromatic heterocycles. The molecule has 0 saturated heterocycles. The first-order chi connectivity index (χ1) is 15.9. The maximum absolute atomic E-state index is 12.2. The SMILES string of the molecule is COc1ccc([C@H]2C=C(c3ccc(Cl)cc3)Nc3nc(NC(=O)CCCC(=O)O)nn32)cc1. The standard InChI is InChI=1S/C23H22ClN5O4/c1-33-17-11-7-15(8-12-17)19-13-18(14-5-9-16(24)10-6-14)25-23-27-22(28-29(19)23)26-20(30)3-2-4-21(31)32/h5-13,19H,2-4H2,1H3,(H,31,32)(H2,25,26,27,28,30)/t19-/m1/s1. The second kappa shape index (κ2) is 9.74. The number of benzene rings is 2. The Morgan fingerprint density at radius 3 is 2.55 bits per heavy atom. The molecule has 9 nitrogen and oxygen atoms in total. The average molecular weight is 468 g/mol. The molecule has 4 rings (SSSR count). The van der Waals surface area contributed by atoms with Crippen LogP contribution in [0.25, 0.3) is 5.70 Å². The quantitative estimate of drug-likeness (QED) is 0.454. The monoisotopic (exact) mass is 467 g/mol. The average Bonchev–Trinajstić information content (AvgIpc) is 3.21. The number of carboxylic acids is 1. The molecule has 2 heterocycles. The van der Waals surface area contributed by atoms with Crippen LogP contribution < -0.4 is 15.4 Å². The second-order valence-corrected chi connectivity index (χ2v) is 7.87. The molecule has 2 aromatic carbocycles. The fraction of sp³-hybridized carbons (Fsp3) is 0.217. The van der Waals surface area contributed by atoms with Gasteiger partial charge in [-0.15, -0.1) is 5.10 Å². The number of nitrogens with one attached hydrogen (secondary N) is 2. The van der Waals surface area contributed by atoms with Crippen molar-refractivity contribution in [1.82, 2.24) is 14.8 Å². The van der Waals surface area contributed by atoms with Crippen LogP contribution >= 0.6 is 11.6 Å². The lowest BCUT2D eigenvalue weighted by molar-refractivity contribution is -0.137. The molecule has 1 atom stereocenters. The number of carboxylic acid groups (broad SMARTS) is 1. The van der Waals surface area contributed by atoms with Gasteiger partial charge in [0.15, 0.2) is 0 Å². The Morgan fingerprint density at radius 1 is 1.15 bits per heavy atom. The molecule has 0 bridgehead atoms. The van der Waals surface area contributed by atoms with E-state index < -0.39 is 5.97 Å². The van der Waals surface area contributed by atoms with Crippen LogP contribution in [0.5, 0.6) is 5.75 Å². The van der Waals surface area contributed by atoms with Crippen LogP contribution in [0, 0.1) is 0 Å². The van der Waals surface area contributed by atoms with E-state index >= 15 is 0 Å². The summed E-state index contributed by atoms with van der Waals surface area (Å²) in [6.07, 6.45) is 2.25. The maximum atomic E-state index is 12.2. The number of aliphatic carboxylic acids is 1. The van der Waals surface area contributed by atoms with Gasteiger partial charge in [-0.05, 0) is 47.9 Å². The van der Waals surface area contributed by atoms with Crippen molar-refractivity contribution in [2.45, 2.75) is 25.3 Å². The van der Waals surface area contributed by atoms with E-state index in [1.165, 1.54) is 0 Å². The molecule has 0 aliphatic carbocycles. The van der Waals surface area contributed by atoms with Gasteiger partial charge in [-0.2, -0.15) is 4.98 Å². The molecule has 33 heavy (non-hydrogen) atoms. The third kappa shape index (κ3) is 5.32. The highest BCUT2D eigenvalue weighted by molar-refractivity contribution is 6.30. The molecule has 0 fully saturated rings. The van der Waals surface area contributed by atoms with E-state index in [2.05, 4.69) is 20.7 Å². The van der Waals surface area contributed by atoms with Crippen LogP contribution in [-0.2, 0) is 9.59 Å². The number of halogens is 1. The van der Waals surface area contributed by atoms with Crippen molar-refractivity contribution in [2.75, 3.05) is 17.7 Å². The van der Waals surface area contributed by atoms with Crippen molar-refractivity contribution in [3.05, 3.63) is 70.8 Å². The smallest absolute Gasteiger partial charge is 0.303 e. The number of carbonyl (C=O) groups is 2. The van der Waals surface area contributed by atoms with Crippen molar-refractivity contribution < 1.29 is 19.4 Å². The minimum atomic E-state index is -0.939. The van der Waals surface area contributed by atoms with E-state index in [1.807, 2.05) is 54.6 Å². The number of carbonyl (C=O) groups excluding carboxylic acids is 1. The highest BCUT2D eigenvalue weighted by Crippen LogP contribution is 2.34. The Kier molecular flexibility index (Phi) is 6.60. The van der Waals surface area contributed by atoms with Gasteiger partial charge in [0.1, 0.15) is 11.8 Å². The molecule has 0 radical (unpaired) electrons. The van der Waals surface area contributed by atoms with Gasteiger partial charge in [0.25, 0.3) is 5.95 Å². The summed E-state index contributed by atoms with van der Waals surface area (Å²) in [5.41, 5.74) is 2.70. The van der Waals surface area contributed by atoms with Crippen LogP contribution in [-0.4, -0.2) is 38.9 Å².